The fourth-order valence-electron chi connectivity index (χ4n) is 5.17. The first-order valence-corrected chi connectivity index (χ1v) is 11.2. The van der Waals surface area contributed by atoms with E-state index in [0.29, 0.717) is 19.6 Å². The molecule has 1 saturated heterocycles. The molecule has 0 radical (unpaired) electrons. The van der Waals surface area contributed by atoms with E-state index in [1.807, 2.05) is 0 Å². The van der Waals surface area contributed by atoms with Gasteiger partial charge in [0.2, 0.25) is 5.79 Å². The summed E-state index contributed by atoms with van der Waals surface area (Å²) in [5, 5.41) is 8.95. The van der Waals surface area contributed by atoms with E-state index < -0.39 is 11.8 Å². The monoisotopic (exact) mass is 410 g/mol. The Kier molecular flexibility index (Phi) is 5.44. The van der Waals surface area contributed by atoms with E-state index >= 15 is 0 Å². The highest BCUT2D eigenvalue weighted by Crippen LogP contribution is 2.49. The van der Waals surface area contributed by atoms with Crippen molar-refractivity contribution in [2.24, 2.45) is 0 Å². The van der Waals surface area contributed by atoms with Crippen molar-refractivity contribution < 1.29 is 19.4 Å². The topological polar surface area (TPSA) is 55.8 Å². The van der Waals surface area contributed by atoms with Gasteiger partial charge in [-0.25, -0.2) is 0 Å². The number of ether oxygens (including phenoxy) is 2. The van der Waals surface area contributed by atoms with E-state index in [2.05, 4.69) is 58.0 Å². The van der Waals surface area contributed by atoms with Gasteiger partial charge in [-0.15, -0.1) is 0 Å². The molecule has 0 atom stereocenters. The van der Waals surface area contributed by atoms with Crippen LogP contribution in [0.15, 0.2) is 41.5 Å². The van der Waals surface area contributed by atoms with Crippen molar-refractivity contribution in [3.63, 3.8) is 0 Å². The summed E-state index contributed by atoms with van der Waals surface area (Å²) in [6.45, 7) is 10.5. The van der Waals surface area contributed by atoms with E-state index in [9.17, 15) is 4.79 Å². The molecule has 4 rings (SSSR count). The molecule has 1 aromatic rings. The molecule has 0 spiro atoms. The molecule has 0 amide bonds. The van der Waals surface area contributed by atoms with Crippen LogP contribution in [0.3, 0.4) is 0 Å². The second-order valence-corrected chi connectivity index (χ2v) is 10.3. The van der Waals surface area contributed by atoms with E-state index in [4.69, 9.17) is 14.6 Å². The lowest BCUT2D eigenvalue weighted by Crippen LogP contribution is -2.36. The number of benzene rings is 1. The summed E-state index contributed by atoms with van der Waals surface area (Å²) < 4.78 is 12.6. The lowest BCUT2D eigenvalue weighted by atomic mass is 9.62. The lowest BCUT2D eigenvalue weighted by molar-refractivity contribution is -0.137. The first-order valence-electron chi connectivity index (χ1n) is 11.2. The summed E-state index contributed by atoms with van der Waals surface area (Å²) in [6, 6.07) is 6.81. The zero-order valence-corrected chi connectivity index (χ0v) is 18.7. The highest BCUT2D eigenvalue weighted by molar-refractivity contribution is 5.67. The summed E-state index contributed by atoms with van der Waals surface area (Å²) in [5.41, 5.74) is 6.55. The van der Waals surface area contributed by atoms with Gasteiger partial charge in [-0.2, -0.15) is 0 Å². The zero-order chi connectivity index (χ0) is 21.6. The molecular weight excluding hydrogens is 376 g/mol. The van der Waals surface area contributed by atoms with Crippen molar-refractivity contribution in [2.45, 2.75) is 82.8 Å². The third-order valence-electron chi connectivity index (χ3n) is 7.25. The Morgan fingerprint density at radius 1 is 0.967 bits per heavy atom. The number of rotatable bonds is 5. The maximum Gasteiger partial charge on any atom is 0.303 e. The van der Waals surface area contributed by atoms with Gasteiger partial charge in [0.25, 0.3) is 0 Å². The molecule has 3 aliphatic rings. The predicted molar refractivity (Wildman–Crippen MR) is 118 cm³/mol. The maximum atomic E-state index is 10.9. The number of carbonyl (C=O) groups is 1. The van der Waals surface area contributed by atoms with Gasteiger partial charge in [0, 0.05) is 12.0 Å². The Bertz CT molecular complexity index is 898. The first-order chi connectivity index (χ1) is 14.1. The Labute approximate surface area is 180 Å². The number of carboxylic acids is 1. The van der Waals surface area contributed by atoms with E-state index in [-0.39, 0.29) is 17.3 Å². The zero-order valence-electron chi connectivity index (χ0n) is 18.7. The van der Waals surface area contributed by atoms with Gasteiger partial charge >= 0.3 is 5.97 Å². The fraction of sp³-hybridized carbons (Fsp3) is 0.577. The van der Waals surface area contributed by atoms with E-state index in [1.54, 1.807) is 0 Å². The van der Waals surface area contributed by atoms with Crippen molar-refractivity contribution in [1.29, 1.82) is 0 Å². The lowest BCUT2D eigenvalue weighted by Gasteiger charge is -2.43. The highest BCUT2D eigenvalue weighted by Gasteiger charge is 2.45. The van der Waals surface area contributed by atoms with Gasteiger partial charge in [-0.05, 0) is 65.7 Å². The molecule has 30 heavy (non-hydrogen) atoms. The van der Waals surface area contributed by atoms with Gasteiger partial charge in [0.1, 0.15) is 0 Å². The van der Waals surface area contributed by atoms with Crippen LogP contribution in [0.1, 0.15) is 82.9 Å². The quantitative estimate of drug-likeness (QED) is 0.672. The second kappa shape index (κ2) is 7.65. The fourth-order valence-corrected chi connectivity index (χ4v) is 5.17. The molecule has 1 aromatic carbocycles. The third-order valence-corrected chi connectivity index (χ3v) is 7.25. The van der Waals surface area contributed by atoms with Crippen molar-refractivity contribution in [3.05, 3.63) is 58.2 Å². The predicted octanol–water partition coefficient (Wildman–Crippen LogP) is 5.75. The maximum absolute atomic E-state index is 10.9. The Hall–Kier alpha value is -1.91. The van der Waals surface area contributed by atoms with Crippen LogP contribution >= 0.6 is 0 Å². The number of aliphatic carboxylic acids is 1. The number of fused-ring (bicyclic) bond motifs is 1. The number of allylic oxidation sites excluding steroid dienone is 3. The minimum absolute atomic E-state index is 0.130. The molecular formula is C26H34O4. The third kappa shape index (κ3) is 3.76. The van der Waals surface area contributed by atoms with Crippen LogP contribution in [0.4, 0.5) is 0 Å². The second-order valence-electron chi connectivity index (χ2n) is 10.3. The summed E-state index contributed by atoms with van der Waals surface area (Å²) in [7, 11) is 0. The summed E-state index contributed by atoms with van der Waals surface area (Å²) >= 11 is 0. The Morgan fingerprint density at radius 2 is 1.63 bits per heavy atom. The molecule has 1 aliphatic heterocycles. The van der Waals surface area contributed by atoms with Crippen LogP contribution in [0.5, 0.6) is 0 Å². The molecule has 2 aliphatic carbocycles. The van der Waals surface area contributed by atoms with Gasteiger partial charge in [0.05, 0.1) is 13.2 Å². The van der Waals surface area contributed by atoms with Crippen LogP contribution in [0.2, 0.25) is 0 Å². The van der Waals surface area contributed by atoms with E-state index in [0.717, 1.165) is 24.0 Å². The average molecular weight is 411 g/mol. The summed E-state index contributed by atoms with van der Waals surface area (Å²) in [4.78, 5) is 10.9. The van der Waals surface area contributed by atoms with Gasteiger partial charge in [0.15, 0.2) is 0 Å². The smallest absolute Gasteiger partial charge is 0.303 e. The normalized spacial score (nSPS) is 24.0. The van der Waals surface area contributed by atoms with Crippen molar-refractivity contribution in [1.82, 2.24) is 0 Å². The van der Waals surface area contributed by atoms with Crippen molar-refractivity contribution >= 4 is 5.97 Å². The van der Waals surface area contributed by atoms with Crippen LogP contribution in [-0.2, 0) is 30.9 Å². The Morgan fingerprint density at radius 3 is 2.23 bits per heavy atom. The van der Waals surface area contributed by atoms with E-state index in [1.165, 1.54) is 29.5 Å². The van der Waals surface area contributed by atoms with Crippen LogP contribution in [-0.4, -0.2) is 24.3 Å². The molecule has 0 unspecified atom stereocenters. The standard InChI is InChI=1S/C26H34O4/c1-24(2)13-14-25(3,4)22-17-20(10-11-21(22)24)26(29-15-16-30-26)19-8-5-18(6-9-19)7-12-23(27)28/h5,8,10-11,17H,6-7,9,12-16H2,1-4H3,(H,27,28). The highest BCUT2D eigenvalue weighted by atomic mass is 16.7. The SMILES string of the molecule is CC1(C)CCC(C)(C)c2cc(C3(C4=CC=C(CCC(=O)O)CC4)OCCO3)ccc21. The minimum Gasteiger partial charge on any atom is -0.481 e. The van der Waals surface area contributed by atoms with Crippen molar-refractivity contribution in [2.75, 3.05) is 13.2 Å². The molecule has 1 fully saturated rings. The summed E-state index contributed by atoms with van der Waals surface area (Å²) in [6.07, 6.45) is 9.01. The van der Waals surface area contributed by atoms with Gasteiger partial charge in [-0.3, -0.25) is 4.79 Å². The van der Waals surface area contributed by atoms with Crippen molar-refractivity contribution in [3.8, 4) is 0 Å². The molecule has 0 bridgehead atoms. The molecule has 4 heteroatoms. The van der Waals surface area contributed by atoms with Gasteiger partial charge in [-0.1, -0.05) is 57.6 Å². The number of carboxylic acid groups (broad SMARTS) is 1. The number of hydrogen-bond acceptors (Lipinski definition) is 3. The summed E-state index contributed by atoms with van der Waals surface area (Å²) in [5.74, 6) is -1.56. The molecule has 0 aromatic heterocycles. The van der Waals surface area contributed by atoms with Crippen LogP contribution < -0.4 is 0 Å². The minimum atomic E-state index is -0.818. The average Bonchev–Trinajstić information content (AvgIpc) is 3.21. The first kappa shape index (κ1) is 21.3. The van der Waals surface area contributed by atoms with Gasteiger partial charge < -0.3 is 14.6 Å². The number of hydrogen-bond donors (Lipinski definition) is 1. The van der Waals surface area contributed by atoms with Crippen LogP contribution in [0, 0.1) is 0 Å². The molecule has 1 heterocycles. The Balaban J connectivity index is 1.72. The largest absolute Gasteiger partial charge is 0.481 e. The molecule has 0 saturated carbocycles. The molecule has 162 valence electrons. The molecule has 1 N–H and O–H groups in total. The molecule has 4 nitrogen and oxygen atoms in total. The van der Waals surface area contributed by atoms with Crippen LogP contribution in [0.25, 0.3) is 0 Å².